The molecule has 116 valence electrons. The lowest BCUT2D eigenvalue weighted by atomic mass is 10.1. The molecule has 0 spiro atoms. The molecule has 0 saturated heterocycles. The first-order valence-corrected chi connectivity index (χ1v) is 7.76. The van der Waals surface area contributed by atoms with E-state index in [1.54, 1.807) is 24.5 Å². The smallest absolute Gasteiger partial charge is 0.149 e. The van der Waals surface area contributed by atoms with Crippen LogP contribution in [0.1, 0.15) is 18.9 Å². The van der Waals surface area contributed by atoms with E-state index < -0.39 is 0 Å². The molecule has 0 bridgehead atoms. The van der Waals surface area contributed by atoms with Gasteiger partial charge in [-0.1, -0.05) is 29.3 Å². The van der Waals surface area contributed by atoms with E-state index in [2.05, 4.69) is 4.98 Å². The van der Waals surface area contributed by atoms with E-state index in [0.717, 1.165) is 0 Å². The molecule has 2 aromatic rings. The molecule has 0 amide bonds. The minimum absolute atomic E-state index is 0.0183. The molecule has 0 fully saturated rings. The van der Waals surface area contributed by atoms with Crippen molar-refractivity contribution in [1.82, 2.24) is 4.98 Å². The molecular weight excluding hydrogens is 336 g/mol. The molecule has 1 aromatic carbocycles. The zero-order chi connectivity index (χ0) is 16.6. The van der Waals surface area contributed by atoms with E-state index in [0.29, 0.717) is 38.2 Å². The van der Waals surface area contributed by atoms with Crippen LogP contribution in [0.5, 0.6) is 0 Å². The van der Waals surface area contributed by atoms with Crippen molar-refractivity contribution in [2.24, 2.45) is 0 Å². The molecular formula is C17H12Cl2FN3. The lowest BCUT2D eigenvalue weighted by Crippen LogP contribution is -2.32. The molecule has 0 N–H and O–H groups in total. The second-order valence-corrected chi connectivity index (χ2v) is 6.16. The Balaban J connectivity index is 2.23. The second-order valence-electron chi connectivity index (χ2n) is 5.35. The van der Waals surface area contributed by atoms with Crippen LogP contribution >= 0.6 is 23.2 Å². The SMILES string of the molecule is CC1CC=c2c(F)cncc2=CN1c1c(Cl)cc(C#N)cc1Cl. The van der Waals surface area contributed by atoms with Crippen LogP contribution in [0.2, 0.25) is 10.0 Å². The van der Waals surface area contributed by atoms with Gasteiger partial charge in [-0.15, -0.1) is 0 Å². The molecule has 1 aliphatic heterocycles. The molecule has 0 aliphatic carbocycles. The summed E-state index contributed by atoms with van der Waals surface area (Å²) in [7, 11) is 0. The highest BCUT2D eigenvalue weighted by Gasteiger charge is 2.20. The normalized spacial score (nSPS) is 16.7. The van der Waals surface area contributed by atoms with E-state index >= 15 is 0 Å². The second kappa shape index (κ2) is 6.19. The van der Waals surface area contributed by atoms with Crippen LogP contribution in [-0.4, -0.2) is 11.0 Å². The first-order chi connectivity index (χ1) is 11.0. The monoisotopic (exact) mass is 347 g/mol. The van der Waals surface area contributed by atoms with Gasteiger partial charge in [0.1, 0.15) is 5.82 Å². The van der Waals surface area contributed by atoms with Crippen LogP contribution in [0, 0.1) is 17.1 Å². The summed E-state index contributed by atoms with van der Waals surface area (Å²) in [5.41, 5.74) is 0.997. The maximum Gasteiger partial charge on any atom is 0.149 e. The van der Waals surface area contributed by atoms with Crippen LogP contribution in [0.15, 0.2) is 24.5 Å². The van der Waals surface area contributed by atoms with E-state index in [4.69, 9.17) is 28.5 Å². The zero-order valence-corrected chi connectivity index (χ0v) is 13.7. The Morgan fingerprint density at radius 2 is 2.00 bits per heavy atom. The van der Waals surface area contributed by atoms with Gasteiger partial charge in [0, 0.05) is 28.9 Å². The van der Waals surface area contributed by atoms with E-state index in [1.807, 2.05) is 24.0 Å². The molecule has 1 aromatic heterocycles. The average molecular weight is 348 g/mol. The molecule has 1 unspecified atom stereocenters. The minimum Gasteiger partial charge on any atom is -0.342 e. The van der Waals surface area contributed by atoms with Crippen molar-refractivity contribution in [1.29, 1.82) is 5.26 Å². The standard InChI is InChI=1S/C17H12Cl2FN3/c1-10-2-3-13-12(7-22-8-16(13)20)9-23(10)17-14(18)4-11(6-21)5-15(17)19/h3-5,7-10H,2H2,1H3. The predicted octanol–water partition coefficient (Wildman–Crippen LogP) is 3.22. The highest BCUT2D eigenvalue weighted by atomic mass is 35.5. The molecule has 23 heavy (non-hydrogen) atoms. The highest BCUT2D eigenvalue weighted by Crippen LogP contribution is 2.37. The number of hydrogen-bond donors (Lipinski definition) is 0. The highest BCUT2D eigenvalue weighted by molar-refractivity contribution is 6.39. The van der Waals surface area contributed by atoms with E-state index in [-0.39, 0.29) is 11.9 Å². The minimum atomic E-state index is -0.357. The van der Waals surface area contributed by atoms with Crippen molar-refractivity contribution >= 4 is 41.2 Å². The van der Waals surface area contributed by atoms with Crippen LogP contribution in [0.25, 0.3) is 12.3 Å². The van der Waals surface area contributed by atoms with Gasteiger partial charge in [-0.05, 0) is 25.5 Å². The number of benzene rings is 1. The van der Waals surface area contributed by atoms with E-state index in [9.17, 15) is 4.39 Å². The van der Waals surface area contributed by atoms with Gasteiger partial charge < -0.3 is 4.90 Å². The fourth-order valence-corrected chi connectivity index (χ4v) is 3.30. The third-order valence-electron chi connectivity index (χ3n) is 3.79. The number of halogens is 3. The predicted molar refractivity (Wildman–Crippen MR) is 90.1 cm³/mol. The van der Waals surface area contributed by atoms with Crippen molar-refractivity contribution in [3.05, 3.63) is 56.4 Å². The van der Waals surface area contributed by atoms with Gasteiger partial charge in [-0.3, -0.25) is 4.98 Å². The van der Waals surface area contributed by atoms with Crippen molar-refractivity contribution < 1.29 is 4.39 Å². The summed E-state index contributed by atoms with van der Waals surface area (Å²) in [5, 5.41) is 10.9. The lowest BCUT2D eigenvalue weighted by molar-refractivity contribution is 0.610. The van der Waals surface area contributed by atoms with Gasteiger partial charge in [0.05, 0.1) is 33.6 Å². The third-order valence-corrected chi connectivity index (χ3v) is 4.37. The summed E-state index contributed by atoms with van der Waals surface area (Å²) >= 11 is 12.7. The van der Waals surface area contributed by atoms with Crippen LogP contribution < -0.4 is 15.3 Å². The van der Waals surface area contributed by atoms with Crippen LogP contribution in [0.3, 0.4) is 0 Å². The molecule has 3 rings (SSSR count). The maximum atomic E-state index is 13.9. The Bertz CT molecular complexity index is 911. The lowest BCUT2D eigenvalue weighted by Gasteiger charge is -2.28. The average Bonchev–Trinajstić information content (AvgIpc) is 2.67. The van der Waals surface area contributed by atoms with Crippen molar-refractivity contribution in [3.8, 4) is 6.07 Å². The van der Waals surface area contributed by atoms with E-state index in [1.165, 1.54) is 6.20 Å². The molecule has 0 radical (unpaired) electrons. The molecule has 3 nitrogen and oxygen atoms in total. The van der Waals surface area contributed by atoms with Gasteiger partial charge in [-0.25, -0.2) is 4.39 Å². The van der Waals surface area contributed by atoms with Crippen molar-refractivity contribution in [2.45, 2.75) is 19.4 Å². The number of hydrogen-bond acceptors (Lipinski definition) is 3. The van der Waals surface area contributed by atoms with Gasteiger partial charge in [0.25, 0.3) is 0 Å². The summed E-state index contributed by atoms with van der Waals surface area (Å²) in [6.45, 7) is 2.00. The first-order valence-electron chi connectivity index (χ1n) is 7.00. The molecule has 6 heteroatoms. The summed E-state index contributed by atoms with van der Waals surface area (Å²) < 4.78 is 13.9. The topological polar surface area (TPSA) is 39.9 Å². The van der Waals surface area contributed by atoms with Crippen LogP contribution in [0.4, 0.5) is 10.1 Å². The number of fused-ring (bicyclic) bond motifs is 1. The third kappa shape index (κ3) is 2.90. The van der Waals surface area contributed by atoms with Gasteiger partial charge in [-0.2, -0.15) is 5.26 Å². The fourth-order valence-electron chi connectivity index (χ4n) is 2.62. The number of nitriles is 1. The van der Waals surface area contributed by atoms with Gasteiger partial charge >= 0.3 is 0 Å². The number of rotatable bonds is 1. The number of nitrogens with zero attached hydrogens (tertiary/aromatic N) is 3. The van der Waals surface area contributed by atoms with Crippen LogP contribution in [-0.2, 0) is 0 Å². The van der Waals surface area contributed by atoms with Crippen molar-refractivity contribution in [3.63, 3.8) is 0 Å². The Kier molecular flexibility index (Phi) is 4.25. The summed E-state index contributed by atoms with van der Waals surface area (Å²) in [6, 6.07) is 5.18. The Hall–Kier alpha value is -2.09. The summed E-state index contributed by atoms with van der Waals surface area (Å²) in [6.07, 6.45) is 7.06. The Morgan fingerprint density at radius 3 is 2.65 bits per heavy atom. The molecule has 1 aliphatic rings. The maximum absolute atomic E-state index is 13.9. The van der Waals surface area contributed by atoms with Gasteiger partial charge in [0.2, 0.25) is 0 Å². The number of pyridine rings is 1. The number of anilines is 1. The quantitative estimate of drug-likeness (QED) is 0.795. The first kappa shape index (κ1) is 15.8. The Labute approximate surface area is 142 Å². The number of aromatic nitrogens is 1. The summed E-state index contributed by atoms with van der Waals surface area (Å²) in [4.78, 5) is 5.80. The molecule has 1 atom stereocenters. The largest absolute Gasteiger partial charge is 0.342 e. The zero-order valence-electron chi connectivity index (χ0n) is 12.2. The summed E-state index contributed by atoms with van der Waals surface area (Å²) in [5.74, 6) is -0.357. The van der Waals surface area contributed by atoms with Gasteiger partial charge in [0.15, 0.2) is 0 Å². The van der Waals surface area contributed by atoms with Crippen molar-refractivity contribution in [2.75, 3.05) is 4.90 Å². The molecule has 0 saturated carbocycles. The molecule has 2 heterocycles. The fraction of sp³-hybridized carbons (Fsp3) is 0.176. The Morgan fingerprint density at radius 1 is 1.30 bits per heavy atom.